The molecule has 2 aromatic rings. The lowest BCUT2D eigenvalue weighted by Gasteiger charge is -2.23. The molecule has 6 heteroatoms. The maximum absolute atomic E-state index is 13.3. The second-order valence-corrected chi connectivity index (χ2v) is 7.78. The Bertz CT molecular complexity index is 706. The van der Waals surface area contributed by atoms with Crippen molar-refractivity contribution in [2.75, 3.05) is 12.3 Å². The minimum Gasteiger partial charge on any atom is -0.338 e. The molecule has 1 amide bonds. The molecule has 26 heavy (non-hydrogen) atoms. The van der Waals surface area contributed by atoms with Crippen LogP contribution in [0.15, 0.2) is 48.5 Å². The van der Waals surface area contributed by atoms with E-state index in [1.807, 2.05) is 11.8 Å². The minimum atomic E-state index is -0.312. The van der Waals surface area contributed by atoms with Crippen LogP contribution in [-0.2, 0) is 4.79 Å². The highest BCUT2D eigenvalue weighted by molar-refractivity contribution is 8.00. The standard InChI is InChI=1S/C20H22F2N2OS/c1-13-10-18(23)11-24(13)19(25)12-26-20(14-2-6-16(21)7-3-14)15-4-8-17(22)9-5-15/h2-9,13,18,20H,10-12,23H2,1H3. The SMILES string of the molecule is CC1CC(N)CN1C(=O)CSC(c1ccc(F)cc1)c1ccc(F)cc1. The van der Waals surface area contributed by atoms with Gasteiger partial charge in [0.05, 0.1) is 11.0 Å². The topological polar surface area (TPSA) is 46.3 Å². The van der Waals surface area contributed by atoms with Gasteiger partial charge in [0, 0.05) is 18.6 Å². The molecule has 0 aromatic heterocycles. The Kier molecular flexibility index (Phi) is 5.94. The van der Waals surface area contributed by atoms with Gasteiger partial charge in [0.2, 0.25) is 5.91 Å². The Morgan fingerprint density at radius 3 is 2.04 bits per heavy atom. The lowest BCUT2D eigenvalue weighted by atomic mass is 10.0. The molecular weight excluding hydrogens is 354 g/mol. The normalized spacial score (nSPS) is 20.0. The molecule has 0 radical (unpaired) electrons. The van der Waals surface area contributed by atoms with Crippen molar-refractivity contribution in [2.24, 2.45) is 5.73 Å². The molecule has 1 fully saturated rings. The van der Waals surface area contributed by atoms with Crippen molar-refractivity contribution in [3.05, 3.63) is 71.3 Å². The molecule has 2 aromatic carbocycles. The number of thioether (sulfide) groups is 1. The first-order chi connectivity index (χ1) is 12.4. The van der Waals surface area contributed by atoms with E-state index in [9.17, 15) is 13.6 Å². The number of hydrogen-bond donors (Lipinski definition) is 1. The van der Waals surface area contributed by atoms with E-state index in [0.29, 0.717) is 6.54 Å². The molecule has 1 aliphatic rings. The average Bonchev–Trinajstić information content (AvgIpc) is 2.96. The number of benzene rings is 2. The zero-order valence-corrected chi connectivity index (χ0v) is 15.4. The van der Waals surface area contributed by atoms with Gasteiger partial charge >= 0.3 is 0 Å². The molecule has 1 heterocycles. The summed E-state index contributed by atoms with van der Waals surface area (Å²) in [5.41, 5.74) is 7.70. The summed E-state index contributed by atoms with van der Waals surface area (Å²) in [4.78, 5) is 14.4. The summed E-state index contributed by atoms with van der Waals surface area (Å²) in [6.07, 6.45) is 0.815. The van der Waals surface area contributed by atoms with Crippen molar-refractivity contribution in [2.45, 2.75) is 30.7 Å². The molecule has 3 rings (SSSR count). The minimum absolute atomic E-state index is 0.0314. The third kappa shape index (κ3) is 4.43. The predicted molar refractivity (Wildman–Crippen MR) is 101 cm³/mol. The summed E-state index contributed by atoms with van der Waals surface area (Å²) in [6, 6.07) is 12.6. The predicted octanol–water partition coefficient (Wildman–Crippen LogP) is 3.74. The summed E-state index contributed by atoms with van der Waals surface area (Å²) in [6.45, 7) is 2.59. The van der Waals surface area contributed by atoms with Crippen LogP contribution in [0.4, 0.5) is 8.78 Å². The van der Waals surface area contributed by atoms with Gasteiger partial charge in [-0.1, -0.05) is 24.3 Å². The van der Waals surface area contributed by atoms with E-state index in [0.717, 1.165) is 17.5 Å². The highest BCUT2D eigenvalue weighted by Gasteiger charge is 2.30. The molecule has 1 saturated heterocycles. The molecule has 2 N–H and O–H groups in total. The number of hydrogen-bond acceptors (Lipinski definition) is 3. The fourth-order valence-electron chi connectivity index (χ4n) is 3.32. The highest BCUT2D eigenvalue weighted by Crippen LogP contribution is 2.36. The fourth-order valence-corrected chi connectivity index (χ4v) is 4.49. The van der Waals surface area contributed by atoms with E-state index in [2.05, 4.69) is 0 Å². The zero-order valence-electron chi connectivity index (χ0n) is 14.6. The third-order valence-corrected chi connectivity index (χ3v) is 5.94. The van der Waals surface area contributed by atoms with Crippen molar-refractivity contribution < 1.29 is 13.6 Å². The van der Waals surface area contributed by atoms with Gasteiger partial charge in [-0.2, -0.15) is 0 Å². The van der Waals surface area contributed by atoms with Gasteiger partial charge in [0.15, 0.2) is 0 Å². The van der Waals surface area contributed by atoms with Crippen LogP contribution >= 0.6 is 11.8 Å². The Balaban J connectivity index is 1.76. The number of rotatable bonds is 5. The van der Waals surface area contributed by atoms with E-state index in [-0.39, 0.29) is 40.6 Å². The molecule has 0 spiro atoms. The first kappa shape index (κ1) is 18.9. The summed E-state index contributed by atoms with van der Waals surface area (Å²) >= 11 is 1.46. The zero-order chi connectivity index (χ0) is 18.7. The van der Waals surface area contributed by atoms with Crippen LogP contribution < -0.4 is 5.73 Å². The lowest BCUT2D eigenvalue weighted by Crippen LogP contribution is -2.36. The quantitative estimate of drug-likeness (QED) is 0.865. The molecular formula is C20H22F2N2OS. The summed E-state index contributed by atoms with van der Waals surface area (Å²) < 4.78 is 26.5. The summed E-state index contributed by atoms with van der Waals surface area (Å²) in [5.74, 6) is -0.291. The molecule has 0 bridgehead atoms. The number of nitrogens with zero attached hydrogens (tertiary/aromatic N) is 1. The van der Waals surface area contributed by atoms with Crippen LogP contribution in [-0.4, -0.2) is 35.2 Å². The second-order valence-electron chi connectivity index (χ2n) is 6.69. The highest BCUT2D eigenvalue weighted by atomic mass is 32.2. The molecule has 2 atom stereocenters. The first-order valence-electron chi connectivity index (χ1n) is 8.61. The van der Waals surface area contributed by atoms with Gasteiger partial charge < -0.3 is 10.6 Å². The van der Waals surface area contributed by atoms with Crippen LogP contribution in [0.3, 0.4) is 0 Å². The number of likely N-dealkylation sites (tertiary alicyclic amines) is 1. The fraction of sp³-hybridized carbons (Fsp3) is 0.350. The number of carbonyl (C=O) groups excluding carboxylic acids is 1. The van der Waals surface area contributed by atoms with Gasteiger partial charge in [-0.15, -0.1) is 11.8 Å². The largest absolute Gasteiger partial charge is 0.338 e. The summed E-state index contributed by atoms with van der Waals surface area (Å²) in [5, 5.41) is -0.174. The molecule has 1 aliphatic heterocycles. The van der Waals surface area contributed by atoms with Crippen molar-refractivity contribution in [1.29, 1.82) is 0 Å². The van der Waals surface area contributed by atoms with Gasteiger partial charge in [0.1, 0.15) is 11.6 Å². The van der Waals surface area contributed by atoms with Crippen LogP contribution in [0.2, 0.25) is 0 Å². The van der Waals surface area contributed by atoms with Gasteiger partial charge in [0.25, 0.3) is 0 Å². The van der Waals surface area contributed by atoms with E-state index < -0.39 is 0 Å². The van der Waals surface area contributed by atoms with E-state index in [1.165, 1.54) is 36.0 Å². The Morgan fingerprint density at radius 2 is 1.62 bits per heavy atom. The Hall–Kier alpha value is -1.92. The maximum atomic E-state index is 13.3. The second kappa shape index (κ2) is 8.18. The van der Waals surface area contributed by atoms with Crippen LogP contribution in [0.5, 0.6) is 0 Å². The van der Waals surface area contributed by atoms with Crippen molar-refractivity contribution in [3.63, 3.8) is 0 Å². The molecule has 3 nitrogen and oxygen atoms in total. The number of carbonyl (C=O) groups is 1. The third-order valence-electron chi connectivity index (χ3n) is 4.65. The van der Waals surface area contributed by atoms with E-state index in [4.69, 9.17) is 5.73 Å². The van der Waals surface area contributed by atoms with Crippen molar-refractivity contribution in [1.82, 2.24) is 4.90 Å². The molecule has 138 valence electrons. The Morgan fingerprint density at radius 1 is 1.12 bits per heavy atom. The smallest absolute Gasteiger partial charge is 0.232 e. The van der Waals surface area contributed by atoms with Crippen molar-refractivity contribution in [3.8, 4) is 0 Å². The summed E-state index contributed by atoms with van der Waals surface area (Å²) in [7, 11) is 0. The monoisotopic (exact) mass is 376 g/mol. The van der Waals surface area contributed by atoms with Gasteiger partial charge in [-0.3, -0.25) is 4.79 Å². The first-order valence-corrected chi connectivity index (χ1v) is 9.66. The van der Waals surface area contributed by atoms with Crippen LogP contribution in [0, 0.1) is 11.6 Å². The maximum Gasteiger partial charge on any atom is 0.232 e. The lowest BCUT2D eigenvalue weighted by molar-refractivity contribution is -0.128. The van der Waals surface area contributed by atoms with E-state index >= 15 is 0 Å². The van der Waals surface area contributed by atoms with Crippen LogP contribution in [0.1, 0.15) is 29.7 Å². The molecule has 0 aliphatic carbocycles. The van der Waals surface area contributed by atoms with Gasteiger partial charge in [-0.05, 0) is 48.7 Å². The molecule has 2 unspecified atom stereocenters. The Labute approximate surface area is 156 Å². The van der Waals surface area contributed by atoms with Crippen LogP contribution in [0.25, 0.3) is 0 Å². The average molecular weight is 376 g/mol. The van der Waals surface area contributed by atoms with Crippen molar-refractivity contribution >= 4 is 17.7 Å². The number of halogens is 2. The molecule has 0 saturated carbocycles. The van der Waals surface area contributed by atoms with E-state index in [1.54, 1.807) is 24.3 Å². The number of amides is 1. The number of nitrogens with two attached hydrogens (primary N) is 1. The van der Waals surface area contributed by atoms with Gasteiger partial charge in [-0.25, -0.2) is 8.78 Å².